The fourth-order valence-corrected chi connectivity index (χ4v) is 2.79. The number of rotatable bonds is 0. The van der Waals surface area contributed by atoms with Gasteiger partial charge in [-0.15, -0.1) is 0 Å². The lowest BCUT2D eigenvalue weighted by Gasteiger charge is -2.09. The third kappa shape index (κ3) is 0.773. The Morgan fingerprint density at radius 2 is 2.33 bits per heavy atom. The summed E-state index contributed by atoms with van der Waals surface area (Å²) in [6, 6.07) is 0. The minimum atomic E-state index is -2.92. The maximum Gasteiger partial charge on any atom is 0.219 e. The lowest BCUT2D eigenvalue weighted by Crippen LogP contribution is -2.29. The molecular formula is C5H8NO2S. The molecule has 3 nitrogen and oxygen atoms in total. The summed E-state index contributed by atoms with van der Waals surface area (Å²) in [6.07, 6.45) is 1.82. The number of sulfonamides is 1. The van der Waals surface area contributed by atoms with E-state index in [-0.39, 0.29) is 0 Å². The molecule has 2 fully saturated rings. The normalized spacial score (nSPS) is 39.8. The van der Waals surface area contributed by atoms with Gasteiger partial charge in [-0.05, 0) is 18.8 Å². The molecule has 9 heavy (non-hydrogen) atoms. The van der Waals surface area contributed by atoms with Crippen LogP contribution in [0, 0.1) is 11.2 Å². The third-order valence-electron chi connectivity index (χ3n) is 1.87. The molecule has 1 aliphatic carbocycles. The van der Waals surface area contributed by atoms with E-state index in [2.05, 4.69) is 4.72 Å². The van der Waals surface area contributed by atoms with E-state index in [9.17, 15) is 8.42 Å². The van der Waals surface area contributed by atoms with Gasteiger partial charge in [-0.1, -0.05) is 0 Å². The summed E-state index contributed by atoms with van der Waals surface area (Å²) in [7, 11) is -2.92. The van der Waals surface area contributed by atoms with Crippen LogP contribution in [0.3, 0.4) is 0 Å². The lowest BCUT2D eigenvalue weighted by molar-refractivity contribution is 0.568. The van der Waals surface area contributed by atoms with Crippen LogP contribution in [0.1, 0.15) is 12.8 Å². The first-order valence-electron chi connectivity index (χ1n) is 3.05. The van der Waals surface area contributed by atoms with Gasteiger partial charge in [0.1, 0.15) is 5.25 Å². The molecule has 0 spiro atoms. The predicted molar refractivity (Wildman–Crippen MR) is 32.9 cm³/mol. The van der Waals surface area contributed by atoms with Gasteiger partial charge in [0.2, 0.25) is 10.0 Å². The summed E-state index contributed by atoms with van der Waals surface area (Å²) in [5.74, 6) is 0.413. The van der Waals surface area contributed by atoms with Crippen molar-refractivity contribution < 1.29 is 8.42 Å². The molecule has 1 N–H and O–H groups in total. The van der Waals surface area contributed by atoms with Gasteiger partial charge in [-0.2, -0.15) is 0 Å². The van der Waals surface area contributed by atoms with Crippen molar-refractivity contribution in [3.8, 4) is 0 Å². The number of nitrogens with one attached hydrogen (secondary N) is 1. The molecule has 0 bridgehead atoms. The van der Waals surface area contributed by atoms with Gasteiger partial charge < -0.3 is 0 Å². The Labute approximate surface area is 54.5 Å². The van der Waals surface area contributed by atoms with Gasteiger partial charge in [0.15, 0.2) is 0 Å². The highest BCUT2D eigenvalue weighted by Gasteiger charge is 2.50. The van der Waals surface area contributed by atoms with Crippen LogP contribution in [-0.4, -0.2) is 15.0 Å². The summed E-state index contributed by atoms with van der Waals surface area (Å²) < 4.78 is 24.2. The Balaban J connectivity index is 2.28. The van der Waals surface area contributed by atoms with Gasteiger partial charge in [-0.3, -0.25) is 0 Å². The van der Waals surface area contributed by atoms with Gasteiger partial charge in [0.25, 0.3) is 0 Å². The maximum atomic E-state index is 10.9. The molecule has 1 aliphatic heterocycles. The quantitative estimate of drug-likeness (QED) is 0.517. The van der Waals surface area contributed by atoms with Crippen molar-refractivity contribution in [2.75, 3.05) is 6.54 Å². The zero-order chi connectivity index (χ0) is 6.48. The monoisotopic (exact) mass is 146 g/mol. The van der Waals surface area contributed by atoms with Crippen LogP contribution in [0.5, 0.6) is 0 Å². The average Bonchev–Trinajstić information content (AvgIpc) is 2.43. The fourth-order valence-electron chi connectivity index (χ4n) is 1.24. The van der Waals surface area contributed by atoms with Crippen molar-refractivity contribution in [2.45, 2.75) is 12.8 Å². The van der Waals surface area contributed by atoms with E-state index in [0.717, 1.165) is 18.1 Å². The third-order valence-corrected chi connectivity index (χ3v) is 3.65. The van der Waals surface area contributed by atoms with E-state index in [4.69, 9.17) is 0 Å². The molecular weight excluding hydrogens is 138 g/mol. The zero-order valence-electron chi connectivity index (χ0n) is 4.92. The molecule has 1 saturated heterocycles. The van der Waals surface area contributed by atoms with Crippen molar-refractivity contribution >= 4 is 10.0 Å². The van der Waals surface area contributed by atoms with E-state index in [1.54, 1.807) is 0 Å². The van der Waals surface area contributed by atoms with Crippen molar-refractivity contribution in [1.82, 2.24) is 4.72 Å². The summed E-state index contributed by atoms with van der Waals surface area (Å²) in [6.45, 7) is 0.635. The summed E-state index contributed by atoms with van der Waals surface area (Å²) >= 11 is 0. The standard InChI is InChI=1S/C5H8NO2S/c7-9(8)5-3-4(5)1-2-6-9/h4,6H,1-3H2. The molecule has 4 heteroatoms. The minimum Gasteiger partial charge on any atom is -0.215 e. The summed E-state index contributed by atoms with van der Waals surface area (Å²) in [4.78, 5) is 0. The van der Waals surface area contributed by atoms with Gasteiger partial charge >= 0.3 is 0 Å². The first kappa shape index (κ1) is 5.68. The highest BCUT2D eigenvalue weighted by atomic mass is 32.2. The Kier molecular flexibility index (Phi) is 0.941. The molecule has 1 radical (unpaired) electrons. The SMILES string of the molecule is O=S1(=O)NCCC2C[C]21. The molecule has 0 amide bonds. The van der Waals surface area contributed by atoms with Crippen molar-refractivity contribution in [3.05, 3.63) is 5.25 Å². The Bertz CT molecular complexity index is 221. The average molecular weight is 146 g/mol. The van der Waals surface area contributed by atoms with Crippen LogP contribution in [0.25, 0.3) is 0 Å². The van der Waals surface area contributed by atoms with E-state index in [1.807, 2.05) is 0 Å². The molecule has 2 aliphatic rings. The second-order valence-electron chi connectivity index (χ2n) is 2.55. The first-order chi connectivity index (χ1) is 4.20. The lowest BCUT2D eigenvalue weighted by atomic mass is 10.3. The largest absolute Gasteiger partial charge is 0.219 e. The first-order valence-corrected chi connectivity index (χ1v) is 4.54. The van der Waals surface area contributed by atoms with Gasteiger partial charge in [-0.25, -0.2) is 13.1 Å². The fraction of sp³-hybridized carbons (Fsp3) is 0.800. The second-order valence-corrected chi connectivity index (χ2v) is 4.37. The smallest absolute Gasteiger partial charge is 0.215 e. The van der Waals surface area contributed by atoms with Gasteiger partial charge in [0.05, 0.1) is 0 Å². The number of hydrogen-bond acceptors (Lipinski definition) is 2. The summed E-state index contributed by atoms with van der Waals surface area (Å²) in [5.41, 5.74) is 0. The summed E-state index contributed by atoms with van der Waals surface area (Å²) in [5, 5.41) is 0.730. The number of hydrogen-bond donors (Lipinski definition) is 1. The zero-order valence-corrected chi connectivity index (χ0v) is 5.74. The Morgan fingerprint density at radius 3 is 2.89 bits per heavy atom. The van der Waals surface area contributed by atoms with Crippen molar-refractivity contribution in [1.29, 1.82) is 0 Å². The molecule has 1 unspecified atom stereocenters. The van der Waals surface area contributed by atoms with Crippen LogP contribution in [-0.2, 0) is 10.0 Å². The van der Waals surface area contributed by atoms with Crippen LogP contribution >= 0.6 is 0 Å². The topological polar surface area (TPSA) is 46.2 Å². The van der Waals surface area contributed by atoms with E-state index in [0.29, 0.717) is 12.5 Å². The molecule has 51 valence electrons. The van der Waals surface area contributed by atoms with Crippen molar-refractivity contribution in [2.24, 2.45) is 5.92 Å². The van der Waals surface area contributed by atoms with Crippen LogP contribution < -0.4 is 4.72 Å². The van der Waals surface area contributed by atoms with Crippen LogP contribution in [0.4, 0.5) is 0 Å². The Morgan fingerprint density at radius 1 is 1.56 bits per heavy atom. The Hall–Kier alpha value is -0.0900. The highest BCUT2D eigenvalue weighted by molar-refractivity contribution is 7.92. The van der Waals surface area contributed by atoms with Crippen LogP contribution in [0.2, 0.25) is 0 Å². The molecule has 1 heterocycles. The molecule has 0 aromatic rings. The van der Waals surface area contributed by atoms with Crippen molar-refractivity contribution in [3.63, 3.8) is 0 Å². The van der Waals surface area contributed by atoms with E-state index < -0.39 is 10.0 Å². The molecule has 0 aromatic heterocycles. The van der Waals surface area contributed by atoms with Gasteiger partial charge in [0, 0.05) is 6.54 Å². The number of fused-ring (bicyclic) bond motifs is 1. The second kappa shape index (κ2) is 1.49. The predicted octanol–water partition coefficient (Wildman–Crippen LogP) is -0.139. The molecule has 2 rings (SSSR count). The van der Waals surface area contributed by atoms with Crippen LogP contribution in [0.15, 0.2) is 0 Å². The molecule has 0 aromatic carbocycles. The molecule has 1 saturated carbocycles. The highest BCUT2D eigenvalue weighted by Crippen LogP contribution is 2.49. The maximum absolute atomic E-state index is 10.9. The minimum absolute atomic E-state index is 0.413. The van der Waals surface area contributed by atoms with E-state index in [1.165, 1.54) is 0 Å². The molecule has 1 atom stereocenters. The van der Waals surface area contributed by atoms with E-state index >= 15 is 0 Å².